The van der Waals surface area contributed by atoms with Gasteiger partial charge in [0, 0.05) is 43.9 Å². The molecule has 0 unspecified atom stereocenters. The van der Waals surface area contributed by atoms with Crippen LogP contribution < -0.4 is 0 Å². The van der Waals surface area contributed by atoms with E-state index in [9.17, 15) is 0 Å². The number of hydrogen-bond acceptors (Lipinski definition) is 3. The van der Waals surface area contributed by atoms with Crippen LogP contribution in [0.25, 0.3) is 111 Å². The van der Waals surface area contributed by atoms with E-state index >= 15 is 0 Å². The molecule has 3 heterocycles. The highest BCUT2D eigenvalue weighted by Crippen LogP contribution is 2.39. The van der Waals surface area contributed by atoms with Gasteiger partial charge in [0.1, 0.15) is 0 Å². The average molecular weight is 766 g/mol. The van der Waals surface area contributed by atoms with Crippen molar-refractivity contribution in [3.8, 4) is 56.7 Å². The Hall–Kier alpha value is -8.15. The van der Waals surface area contributed by atoms with Crippen molar-refractivity contribution < 1.29 is 0 Å². The number of nitrogens with zero attached hydrogens (tertiary/aromatic N) is 5. The first-order valence-electron chi connectivity index (χ1n) is 20.3. The molecule has 0 saturated heterocycles. The summed E-state index contributed by atoms with van der Waals surface area (Å²) in [6, 6.07) is 75.0. The summed E-state index contributed by atoms with van der Waals surface area (Å²) in [6.07, 6.45) is 0. The highest BCUT2D eigenvalue weighted by Gasteiger charge is 2.21. The van der Waals surface area contributed by atoms with Gasteiger partial charge < -0.3 is 9.13 Å². The number of aromatic nitrogens is 5. The molecule has 5 nitrogen and oxygen atoms in total. The van der Waals surface area contributed by atoms with Crippen molar-refractivity contribution in [1.82, 2.24) is 24.1 Å². The molecule has 5 heteroatoms. The molecule has 0 aliphatic rings. The molecule has 12 aromatic rings. The standard InChI is InChI=1S/C55H35N5/c1-3-16-36(17-4-1)37-20-15-21-40(32-37)53-56-54(41-30-31-51-46(34-41)43-24-9-12-27-48(43)59(51)42-22-5-2-6-23-42)58-55(57-53)45-26-11-14-29-50(45)60-49-28-13-10-25-44(49)47-33-38-18-7-8-19-39(38)35-52(47)60/h1-35H. The molecule has 9 aromatic carbocycles. The van der Waals surface area contributed by atoms with Gasteiger partial charge in [0.15, 0.2) is 17.5 Å². The highest BCUT2D eigenvalue weighted by atomic mass is 15.1. The lowest BCUT2D eigenvalue weighted by atomic mass is 10.0. The Morgan fingerprint density at radius 2 is 0.817 bits per heavy atom. The molecule has 0 fully saturated rings. The third kappa shape index (κ3) is 5.52. The lowest BCUT2D eigenvalue weighted by molar-refractivity contribution is 1.06. The summed E-state index contributed by atoms with van der Waals surface area (Å²) in [6.45, 7) is 0. The maximum atomic E-state index is 5.37. The Morgan fingerprint density at radius 3 is 1.58 bits per heavy atom. The quantitative estimate of drug-likeness (QED) is 0.169. The second kappa shape index (κ2) is 13.8. The van der Waals surface area contributed by atoms with Crippen LogP contribution in [0.4, 0.5) is 0 Å². The van der Waals surface area contributed by atoms with Crippen LogP contribution in [0.5, 0.6) is 0 Å². The third-order valence-corrected chi connectivity index (χ3v) is 11.7. The van der Waals surface area contributed by atoms with E-state index in [1.807, 2.05) is 6.07 Å². The van der Waals surface area contributed by atoms with Gasteiger partial charge in [-0.15, -0.1) is 0 Å². The van der Waals surface area contributed by atoms with E-state index in [0.717, 1.165) is 66.6 Å². The van der Waals surface area contributed by atoms with Crippen molar-refractivity contribution in [2.24, 2.45) is 0 Å². The fraction of sp³-hybridized carbons (Fsp3) is 0. The predicted molar refractivity (Wildman–Crippen MR) is 248 cm³/mol. The van der Waals surface area contributed by atoms with Gasteiger partial charge in [-0.2, -0.15) is 0 Å². The van der Waals surface area contributed by atoms with Crippen molar-refractivity contribution in [3.63, 3.8) is 0 Å². The van der Waals surface area contributed by atoms with E-state index in [1.54, 1.807) is 0 Å². The Labute approximate surface area is 346 Å². The van der Waals surface area contributed by atoms with Crippen LogP contribution in [-0.2, 0) is 0 Å². The molecule has 12 rings (SSSR count). The summed E-state index contributed by atoms with van der Waals surface area (Å²) < 4.78 is 4.70. The molecule has 0 bridgehead atoms. The van der Waals surface area contributed by atoms with Gasteiger partial charge in [0.2, 0.25) is 0 Å². The first-order chi connectivity index (χ1) is 29.7. The molecule has 0 spiro atoms. The van der Waals surface area contributed by atoms with Crippen molar-refractivity contribution in [2.75, 3.05) is 0 Å². The highest BCUT2D eigenvalue weighted by molar-refractivity contribution is 6.14. The molecular weight excluding hydrogens is 731 g/mol. The predicted octanol–water partition coefficient (Wildman–Crippen LogP) is 13.9. The number of rotatable bonds is 6. The van der Waals surface area contributed by atoms with E-state index in [4.69, 9.17) is 15.0 Å². The second-order valence-corrected chi connectivity index (χ2v) is 15.3. The average Bonchev–Trinajstić information content (AvgIpc) is 3.83. The number of para-hydroxylation sites is 4. The van der Waals surface area contributed by atoms with E-state index in [1.165, 1.54) is 26.9 Å². The van der Waals surface area contributed by atoms with Crippen LogP contribution in [0.15, 0.2) is 212 Å². The summed E-state index contributed by atoms with van der Waals surface area (Å²) in [5.74, 6) is 1.83. The SMILES string of the molecule is c1ccc(-c2cccc(-c3nc(-c4ccc5c(c4)c4ccccc4n5-c4ccccc4)nc(-c4ccccc4-n4c5ccccc5c5cc6ccccc6cc54)n3)c2)cc1. The van der Waals surface area contributed by atoms with E-state index in [2.05, 4.69) is 215 Å². The summed E-state index contributed by atoms with van der Waals surface area (Å²) in [5, 5.41) is 7.13. The molecule has 60 heavy (non-hydrogen) atoms. The molecule has 3 aromatic heterocycles. The number of benzene rings is 9. The minimum Gasteiger partial charge on any atom is -0.309 e. The second-order valence-electron chi connectivity index (χ2n) is 15.3. The third-order valence-electron chi connectivity index (χ3n) is 11.7. The fourth-order valence-electron chi connectivity index (χ4n) is 8.96. The van der Waals surface area contributed by atoms with Crippen LogP contribution in [0.3, 0.4) is 0 Å². The van der Waals surface area contributed by atoms with Crippen LogP contribution in [-0.4, -0.2) is 24.1 Å². The van der Waals surface area contributed by atoms with E-state index < -0.39 is 0 Å². The van der Waals surface area contributed by atoms with Gasteiger partial charge in [0.25, 0.3) is 0 Å². The van der Waals surface area contributed by atoms with Gasteiger partial charge >= 0.3 is 0 Å². The van der Waals surface area contributed by atoms with Crippen LogP contribution in [0.2, 0.25) is 0 Å². The molecule has 0 saturated carbocycles. The Kier molecular flexibility index (Phi) is 7.78. The number of fused-ring (bicyclic) bond motifs is 7. The van der Waals surface area contributed by atoms with E-state index in [-0.39, 0.29) is 0 Å². The summed E-state index contributed by atoms with van der Waals surface area (Å²) in [5.41, 5.74) is 11.7. The topological polar surface area (TPSA) is 48.5 Å². The molecule has 0 atom stereocenters. The maximum absolute atomic E-state index is 5.37. The van der Waals surface area contributed by atoms with Gasteiger partial charge in [-0.05, 0) is 94.7 Å². The molecule has 280 valence electrons. The zero-order valence-corrected chi connectivity index (χ0v) is 32.4. The maximum Gasteiger partial charge on any atom is 0.166 e. The summed E-state index contributed by atoms with van der Waals surface area (Å²) in [4.78, 5) is 16.0. The molecule has 0 aliphatic heterocycles. The van der Waals surface area contributed by atoms with Crippen LogP contribution in [0.1, 0.15) is 0 Å². The minimum absolute atomic E-state index is 0.606. The van der Waals surface area contributed by atoms with Gasteiger partial charge in [-0.25, -0.2) is 15.0 Å². The molecule has 0 amide bonds. The van der Waals surface area contributed by atoms with Crippen molar-refractivity contribution in [2.45, 2.75) is 0 Å². The lowest BCUT2D eigenvalue weighted by Gasteiger charge is -2.15. The fourth-order valence-corrected chi connectivity index (χ4v) is 8.96. The van der Waals surface area contributed by atoms with E-state index in [0.29, 0.717) is 17.5 Å². The molecule has 0 radical (unpaired) electrons. The van der Waals surface area contributed by atoms with Crippen molar-refractivity contribution >= 4 is 54.4 Å². The summed E-state index contributed by atoms with van der Waals surface area (Å²) in [7, 11) is 0. The Morgan fingerprint density at radius 1 is 0.283 bits per heavy atom. The van der Waals surface area contributed by atoms with Gasteiger partial charge in [-0.1, -0.05) is 140 Å². The van der Waals surface area contributed by atoms with Gasteiger partial charge in [0.05, 0.1) is 27.8 Å². The summed E-state index contributed by atoms with van der Waals surface area (Å²) >= 11 is 0. The first-order valence-corrected chi connectivity index (χ1v) is 20.3. The molecule has 0 N–H and O–H groups in total. The van der Waals surface area contributed by atoms with Crippen molar-refractivity contribution in [3.05, 3.63) is 212 Å². The van der Waals surface area contributed by atoms with Gasteiger partial charge in [-0.3, -0.25) is 0 Å². The number of hydrogen-bond donors (Lipinski definition) is 0. The smallest absolute Gasteiger partial charge is 0.166 e. The van der Waals surface area contributed by atoms with Crippen LogP contribution in [0, 0.1) is 0 Å². The zero-order chi connectivity index (χ0) is 39.6. The minimum atomic E-state index is 0.606. The molecule has 0 aliphatic carbocycles. The zero-order valence-electron chi connectivity index (χ0n) is 32.4. The first kappa shape index (κ1) is 33.9. The monoisotopic (exact) mass is 765 g/mol. The Bertz CT molecular complexity index is 3600. The lowest BCUT2D eigenvalue weighted by Crippen LogP contribution is -2.03. The largest absolute Gasteiger partial charge is 0.309 e. The van der Waals surface area contributed by atoms with Crippen molar-refractivity contribution in [1.29, 1.82) is 0 Å². The van der Waals surface area contributed by atoms with Crippen LogP contribution >= 0.6 is 0 Å². The molecular formula is C55H35N5. The Balaban J connectivity index is 1.10. The normalized spacial score (nSPS) is 11.7.